The van der Waals surface area contributed by atoms with Gasteiger partial charge in [-0.1, -0.05) is 143 Å². The van der Waals surface area contributed by atoms with Crippen molar-refractivity contribution in [3.8, 4) is 33.4 Å². The molecule has 0 bridgehead atoms. The highest BCUT2D eigenvalue weighted by molar-refractivity contribution is 9.10. The van der Waals surface area contributed by atoms with Crippen LogP contribution in [-0.4, -0.2) is 0 Å². The average molecular weight is 639 g/mol. The number of nitrogens with zero attached hydrogens (tertiary/aromatic N) is 1. The molecule has 0 fully saturated rings. The molecule has 0 heterocycles. The Morgan fingerprint density at radius 3 is 1.67 bits per heavy atom. The summed E-state index contributed by atoms with van der Waals surface area (Å²) in [4.78, 5) is 2.38. The lowest BCUT2D eigenvalue weighted by Crippen LogP contribution is -2.26. The van der Waals surface area contributed by atoms with Crippen molar-refractivity contribution < 1.29 is 0 Å². The van der Waals surface area contributed by atoms with Crippen molar-refractivity contribution in [2.75, 3.05) is 4.90 Å². The van der Waals surface area contributed by atoms with E-state index in [4.69, 9.17) is 0 Å². The van der Waals surface area contributed by atoms with Gasteiger partial charge in [-0.25, -0.2) is 0 Å². The third-order valence-electron chi connectivity index (χ3n) is 9.55. The highest BCUT2D eigenvalue weighted by Gasteiger charge is 2.52. The number of anilines is 3. The monoisotopic (exact) mass is 637 g/mol. The second-order valence-corrected chi connectivity index (χ2v) is 12.7. The largest absolute Gasteiger partial charge is 0.310 e. The van der Waals surface area contributed by atoms with Gasteiger partial charge in [-0.3, -0.25) is 0 Å². The van der Waals surface area contributed by atoms with Crippen molar-refractivity contribution in [1.29, 1.82) is 0 Å². The zero-order valence-corrected chi connectivity index (χ0v) is 26.1. The van der Waals surface area contributed by atoms with E-state index in [0.717, 1.165) is 21.5 Å². The molecule has 0 aliphatic heterocycles. The van der Waals surface area contributed by atoms with Gasteiger partial charge in [0, 0.05) is 27.1 Å². The predicted octanol–water partition coefficient (Wildman–Crippen LogP) is 11.9. The number of para-hydroxylation sites is 1. The number of halogens is 1. The first kappa shape index (κ1) is 26.2. The molecule has 7 aromatic rings. The number of fused-ring (bicyclic) bond motifs is 10. The molecule has 1 unspecified atom stereocenters. The van der Waals surface area contributed by atoms with Crippen molar-refractivity contribution in [1.82, 2.24) is 0 Å². The molecule has 0 saturated carbocycles. The van der Waals surface area contributed by atoms with E-state index >= 15 is 0 Å². The van der Waals surface area contributed by atoms with E-state index in [1.165, 1.54) is 55.6 Å². The van der Waals surface area contributed by atoms with Crippen LogP contribution in [0.25, 0.3) is 33.4 Å². The first-order chi connectivity index (χ1) is 22.2. The number of rotatable bonds is 4. The van der Waals surface area contributed by atoms with E-state index in [1.54, 1.807) is 0 Å². The van der Waals surface area contributed by atoms with Gasteiger partial charge in [-0.05, 0) is 92.5 Å². The lowest BCUT2D eigenvalue weighted by molar-refractivity contribution is 0.793. The third kappa shape index (κ3) is 3.79. The molecule has 1 atom stereocenters. The topological polar surface area (TPSA) is 3.24 Å². The summed E-state index contributed by atoms with van der Waals surface area (Å²) in [5.41, 5.74) is 16.0. The molecule has 0 aromatic heterocycles. The zero-order valence-electron chi connectivity index (χ0n) is 24.5. The van der Waals surface area contributed by atoms with Crippen LogP contribution in [-0.2, 0) is 5.41 Å². The molecule has 0 amide bonds. The van der Waals surface area contributed by atoms with Crippen LogP contribution >= 0.6 is 15.9 Å². The molecule has 0 N–H and O–H groups in total. The molecule has 212 valence electrons. The Morgan fingerprint density at radius 2 is 0.911 bits per heavy atom. The summed E-state index contributed by atoms with van der Waals surface area (Å²) < 4.78 is 1.14. The van der Waals surface area contributed by atoms with Crippen LogP contribution in [0.5, 0.6) is 0 Å². The summed E-state index contributed by atoms with van der Waals surface area (Å²) in [6.07, 6.45) is 0. The highest BCUT2D eigenvalue weighted by atomic mass is 79.9. The van der Waals surface area contributed by atoms with Crippen molar-refractivity contribution in [2.24, 2.45) is 0 Å². The van der Waals surface area contributed by atoms with Crippen LogP contribution in [0.4, 0.5) is 17.1 Å². The van der Waals surface area contributed by atoms with E-state index in [0.29, 0.717) is 0 Å². The van der Waals surface area contributed by atoms with Gasteiger partial charge in [0.1, 0.15) is 0 Å². The minimum absolute atomic E-state index is 0.406. The fourth-order valence-electron chi connectivity index (χ4n) is 7.73. The van der Waals surface area contributed by atoms with Crippen LogP contribution in [0, 0.1) is 0 Å². The molecule has 0 saturated heterocycles. The third-order valence-corrected chi connectivity index (χ3v) is 10.2. The Morgan fingerprint density at radius 1 is 0.378 bits per heavy atom. The normalized spacial score (nSPS) is 15.3. The van der Waals surface area contributed by atoms with Gasteiger partial charge >= 0.3 is 0 Å². The van der Waals surface area contributed by atoms with Gasteiger partial charge in [0.25, 0.3) is 0 Å². The first-order valence-electron chi connectivity index (χ1n) is 15.4. The van der Waals surface area contributed by atoms with Gasteiger partial charge in [0.05, 0.1) is 5.41 Å². The average Bonchev–Trinajstić information content (AvgIpc) is 3.57. The highest BCUT2D eigenvalue weighted by Crippen LogP contribution is 2.64. The quantitative estimate of drug-likeness (QED) is 0.185. The van der Waals surface area contributed by atoms with Gasteiger partial charge < -0.3 is 4.90 Å². The molecule has 1 spiro atoms. The zero-order chi connectivity index (χ0) is 30.0. The van der Waals surface area contributed by atoms with E-state index in [1.807, 2.05) is 0 Å². The lowest BCUT2D eigenvalue weighted by Gasteiger charge is -2.32. The molecular formula is C43H28BrN. The van der Waals surface area contributed by atoms with Crippen LogP contribution in [0.15, 0.2) is 174 Å². The molecule has 45 heavy (non-hydrogen) atoms. The van der Waals surface area contributed by atoms with Gasteiger partial charge in [-0.2, -0.15) is 0 Å². The second kappa shape index (κ2) is 10.2. The Balaban J connectivity index is 1.29. The summed E-state index contributed by atoms with van der Waals surface area (Å²) >= 11 is 3.94. The standard InChI is InChI=1S/C43H28BrN/c44-41-21-11-20-39-42(41)36-17-8-10-19-38(36)43(39)37-18-9-7-16-34(37)35-27-26-33(28-40(35)43)45(31-14-5-2-6-15-31)32-24-22-30(23-25-32)29-12-3-1-4-13-29/h1-28H. The molecule has 0 radical (unpaired) electrons. The fraction of sp³-hybridized carbons (Fsp3) is 0.0233. The molecule has 2 heteroatoms. The van der Waals surface area contributed by atoms with Crippen molar-refractivity contribution in [3.05, 3.63) is 197 Å². The molecular weight excluding hydrogens is 610 g/mol. The van der Waals surface area contributed by atoms with E-state index < -0.39 is 5.41 Å². The fourth-order valence-corrected chi connectivity index (χ4v) is 8.31. The van der Waals surface area contributed by atoms with E-state index in [-0.39, 0.29) is 0 Å². The van der Waals surface area contributed by atoms with Crippen LogP contribution in [0.1, 0.15) is 22.3 Å². The number of hydrogen-bond donors (Lipinski definition) is 0. The summed E-state index contributed by atoms with van der Waals surface area (Å²) in [6, 6.07) is 61.9. The Labute approximate surface area is 272 Å². The summed E-state index contributed by atoms with van der Waals surface area (Å²) in [5, 5.41) is 0. The molecule has 1 nitrogen and oxygen atoms in total. The van der Waals surface area contributed by atoms with Crippen LogP contribution in [0.2, 0.25) is 0 Å². The van der Waals surface area contributed by atoms with E-state index in [2.05, 4.69) is 191 Å². The maximum atomic E-state index is 3.94. The van der Waals surface area contributed by atoms with Crippen molar-refractivity contribution in [3.63, 3.8) is 0 Å². The molecule has 7 aromatic carbocycles. The predicted molar refractivity (Wildman–Crippen MR) is 191 cm³/mol. The number of hydrogen-bond acceptors (Lipinski definition) is 1. The Kier molecular flexibility index (Phi) is 5.94. The maximum Gasteiger partial charge on any atom is 0.0726 e. The number of benzene rings is 7. The Bertz CT molecular complexity index is 2220. The summed E-state index contributed by atoms with van der Waals surface area (Å²) in [6.45, 7) is 0. The molecule has 9 rings (SSSR count). The lowest BCUT2D eigenvalue weighted by atomic mass is 9.70. The second-order valence-electron chi connectivity index (χ2n) is 11.8. The maximum absolute atomic E-state index is 3.94. The minimum atomic E-state index is -0.406. The summed E-state index contributed by atoms with van der Waals surface area (Å²) in [7, 11) is 0. The molecule has 2 aliphatic carbocycles. The van der Waals surface area contributed by atoms with Crippen LogP contribution < -0.4 is 4.90 Å². The van der Waals surface area contributed by atoms with Gasteiger partial charge in [-0.15, -0.1) is 0 Å². The van der Waals surface area contributed by atoms with Gasteiger partial charge in [0.2, 0.25) is 0 Å². The summed E-state index contributed by atoms with van der Waals surface area (Å²) in [5.74, 6) is 0. The first-order valence-corrected chi connectivity index (χ1v) is 16.2. The SMILES string of the molecule is Brc1cccc2c1-c1ccccc1C21c2ccccc2-c2ccc(N(c3ccccc3)c3ccc(-c4ccccc4)cc3)cc21. The van der Waals surface area contributed by atoms with Crippen LogP contribution in [0.3, 0.4) is 0 Å². The Hall–Kier alpha value is -5.18. The van der Waals surface area contributed by atoms with Gasteiger partial charge in [0.15, 0.2) is 0 Å². The van der Waals surface area contributed by atoms with Crippen molar-refractivity contribution in [2.45, 2.75) is 5.41 Å². The minimum Gasteiger partial charge on any atom is -0.310 e. The van der Waals surface area contributed by atoms with E-state index in [9.17, 15) is 0 Å². The smallest absolute Gasteiger partial charge is 0.0726 e. The van der Waals surface area contributed by atoms with Crippen molar-refractivity contribution >= 4 is 33.0 Å². The molecule has 2 aliphatic rings.